The average molecular weight is 345 g/mol. The van der Waals surface area contributed by atoms with E-state index in [0.717, 1.165) is 11.3 Å². The quantitative estimate of drug-likeness (QED) is 0.747. The lowest BCUT2D eigenvalue weighted by Gasteiger charge is -2.10. The van der Waals surface area contributed by atoms with Crippen molar-refractivity contribution in [3.63, 3.8) is 0 Å². The van der Waals surface area contributed by atoms with E-state index < -0.39 is 11.4 Å². The molecule has 8 nitrogen and oxygen atoms in total. The summed E-state index contributed by atoms with van der Waals surface area (Å²) in [4.78, 5) is 27.2. The Hall–Kier alpha value is -2.90. The van der Waals surface area contributed by atoms with Crippen molar-refractivity contribution in [1.29, 1.82) is 0 Å². The van der Waals surface area contributed by atoms with E-state index >= 15 is 0 Å². The fraction of sp³-hybridized carbons (Fsp3) is 0.412. The molecular formula is C17H19N3O5. The molecule has 1 aromatic heterocycles. The van der Waals surface area contributed by atoms with Crippen molar-refractivity contribution in [2.24, 2.45) is 5.41 Å². The fourth-order valence-corrected chi connectivity index (χ4v) is 2.41. The Morgan fingerprint density at radius 2 is 2.04 bits per heavy atom. The molecule has 0 bridgehead atoms. The second-order valence-corrected chi connectivity index (χ2v) is 6.10. The van der Waals surface area contributed by atoms with Crippen molar-refractivity contribution < 1.29 is 24.0 Å². The Morgan fingerprint density at radius 1 is 1.32 bits per heavy atom. The summed E-state index contributed by atoms with van der Waals surface area (Å²) in [7, 11) is 1.59. The molecule has 0 atom stereocenters. The van der Waals surface area contributed by atoms with Crippen LogP contribution in [-0.4, -0.2) is 40.8 Å². The number of methoxy groups -OCH3 is 1. The zero-order valence-electron chi connectivity index (χ0n) is 13.8. The number of aliphatic carboxylic acids is 1. The van der Waals surface area contributed by atoms with Crippen molar-refractivity contribution in [1.82, 2.24) is 15.5 Å². The predicted octanol–water partition coefficient (Wildman–Crippen LogP) is 1.66. The average Bonchev–Trinajstić information content (AvgIpc) is 3.28. The number of carbonyl (C=O) groups excluding carboxylic acids is 1. The van der Waals surface area contributed by atoms with Gasteiger partial charge in [-0.1, -0.05) is 5.16 Å². The third-order valence-electron chi connectivity index (χ3n) is 4.31. The number of nitrogens with one attached hydrogen (secondary N) is 1. The maximum atomic E-state index is 11.9. The molecule has 2 aromatic rings. The van der Waals surface area contributed by atoms with Crippen LogP contribution in [0, 0.1) is 5.41 Å². The Kier molecular flexibility index (Phi) is 4.69. The summed E-state index contributed by atoms with van der Waals surface area (Å²) in [6, 6.07) is 7.24. The Labute approximate surface area is 144 Å². The van der Waals surface area contributed by atoms with Gasteiger partial charge in [0, 0.05) is 24.9 Å². The monoisotopic (exact) mass is 345 g/mol. The number of ether oxygens (including phenoxy) is 1. The number of aromatic nitrogens is 2. The van der Waals surface area contributed by atoms with Crippen LogP contribution < -0.4 is 10.1 Å². The van der Waals surface area contributed by atoms with Crippen LogP contribution >= 0.6 is 0 Å². The summed E-state index contributed by atoms with van der Waals surface area (Å²) >= 11 is 0. The Morgan fingerprint density at radius 3 is 2.64 bits per heavy atom. The molecule has 1 fully saturated rings. The van der Waals surface area contributed by atoms with Crippen LogP contribution in [0.3, 0.4) is 0 Å². The van der Waals surface area contributed by atoms with E-state index in [1.165, 1.54) is 0 Å². The van der Waals surface area contributed by atoms with Gasteiger partial charge in [0.2, 0.25) is 17.6 Å². The van der Waals surface area contributed by atoms with E-state index in [4.69, 9.17) is 14.4 Å². The molecule has 2 N–H and O–H groups in total. The number of carbonyl (C=O) groups is 2. The SMILES string of the molecule is COc1ccc(-c2noc(CCC(=O)NCC3(C(=O)O)CC3)n2)cc1. The van der Waals surface area contributed by atoms with Gasteiger partial charge >= 0.3 is 5.97 Å². The first-order valence-electron chi connectivity index (χ1n) is 7.99. The van der Waals surface area contributed by atoms with Crippen LogP contribution in [0.4, 0.5) is 0 Å². The summed E-state index contributed by atoms with van der Waals surface area (Å²) in [6.07, 6.45) is 1.68. The third-order valence-corrected chi connectivity index (χ3v) is 4.31. The number of carboxylic acid groups (broad SMARTS) is 1. The number of nitrogens with zero attached hydrogens (tertiary/aromatic N) is 2. The first kappa shape index (κ1) is 16.9. The highest BCUT2D eigenvalue weighted by Crippen LogP contribution is 2.45. The zero-order chi connectivity index (χ0) is 17.9. The van der Waals surface area contributed by atoms with Gasteiger partial charge in [0.1, 0.15) is 5.75 Å². The highest BCUT2D eigenvalue weighted by Gasteiger charge is 2.50. The molecule has 1 aliphatic rings. The van der Waals surface area contributed by atoms with Gasteiger partial charge in [-0.15, -0.1) is 0 Å². The zero-order valence-corrected chi connectivity index (χ0v) is 13.8. The molecule has 1 heterocycles. The molecule has 0 aliphatic heterocycles. The lowest BCUT2D eigenvalue weighted by atomic mass is 10.1. The second kappa shape index (κ2) is 6.92. The molecule has 1 aromatic carbocycles. The minimum absolute atomic E-state index is 0.167. The molecule has 132 valence electrons. The van der Waals surface area contributed by atoms with Crippen molar-refractivity contribution >= 4 is 11.9 Å². The number of hydrogen-bond donors (Lipinski definition) is 2. The van der Waals surface area contributed by atoms with Crippen LogP contribution in [0.15, 0.2) is 28.8 Å². The summed E-state index contributed by atoms with van der Waals surface area (Å²) in [5.74, 6) is 0.464. The summed E-state index contributed by atoms with van der Waals surface area (Å²) in [5.41, 5.74) is 0.0270. The number of amides is 1. The highest BCUT2D eigenvalue weighted by atomic mass is 16.5. The minimum atomic E-state index is -0.853. The summed E-state index contributed by atoms with van der Waals surface area (Å²) < 4.78 is 10.3. The molecular weight excluding hydrogens is 326 g/mol. The normalized spacial score (nSPS) is 14.8. The number of benzene rings is 1. The third kappa shape index (κ3) is 3.96. The number of hydrogen-bond acceptors (Lipinski definition) is 6. The van der Waals surface area contributed by atoms with Gasteiger partial charge in [0.25, 0.3) is 0 Å². The van der Waals surface area contributed by atoms with Gasteiger partial charge in [0.15, 0.2) is 0 Å². The Balaban J connectivity index is 1.49. The maximum Gasteiger partial charge on any atom is 0.311 e. The smallest absolute Gasteiger partial charge is 0.311 e. The molecule has 0 saturated heterocycles. The first-order valence-corrected chi connectivity index (χ1v) is 7.99. The largest absolute Gasteiger partial charge is 0.497 e. The second-order valence-electron chi connectivity index (χ2n) is 6.10. The number of carboxylic acids is 1. The van der Waals surface area contributed by atoms with E-state index in [1.54, 1.807) is 19.2 Å². The van der Waals surface area contributed by atoms with Crippen molar-refractivity contribution in [3.05, 3.63) is 30.2 Å². The van der Waals surface area contributed by atoms with Crippen LogP contribution in [0.1, 0.15) is 25.2 Å². The molecule has 0 unspecified atom stereocenters. The molecule has 0 radical (unpaired) electrons. The van der Waals surface area contributed by atoms with Crippen LogP contribution in [0.5, 0.6) is 5.75 Å². The lowest BCUT2D eigenvalue weighted by molar-refractivity contribution is -0.143. The standard InChI is InChI=1S/C17H19N3O5/c1-24-12-4-2-11(3-5-12)15-19-14(25-20-15)7-6-13(21)18-10-17(8-9-17)16(22)23/h2-5H,6-10H2,1H3,(H,18,21)(H,22,23). The highest BCUT2D eigenvalue weighted by molar-refractivity contribution is 5.81. The molecule has 1 aliphatic carbocycles. The van der Waals surface area contributed by atoms with E-state index in [0.29, 0.717) is 31.0 Å². The fourth-order valence-electron chi connectivity index (χ4n) is 2.41. The molecule has 0 spiro atoms. The van der Waals surface area contributed by atoms with E-state index in [2.05, 4.69) is 15.5 Å². The van der Waals surface area contributed by atoms with Gasteiger partial charge < -0.3 is 19.7 Å². The van der Waals surface area contributed by atoms with Crippen LogP contribution in [0.25, 0.3) is 11.4 Å². The molecule has 3 rings (SSSR count). The van der Waals surface area contributed by atoms with Gasteiger partial charge in [-0.25, -0.2) is 0 Å². The molecule has 25 heavy (non-hydrogen) atoms. The van der Waals surface area contributed by atoms with Crippen molar-refractivity contribution in [2.45, 2.75) is 25.7 Å². The topological polar surface area (TPSA) is 115 Å². The Bertz CT molecular complexity index is 765. The summed E-state index contributed by atoms with van der Waals surface area (Å²) in [5, 5.41) is 15.6. The molecule has 1 saturated carbocycles. The van der Waals surface area contributed by atoms with Crippen LogP contribution in [0.2, 0.25) is 0 Å². The van der Waals surface area contributed by atoms with Gasteiger partial charge in [0.05, 0.1) is 12.5 Å². The molecule has 1 amide bonds. The van der Waals surface area contributed by atoms with Crippen molar-refractivity contribution in [2.75, 3.05) is 13.7 Å². The van der Waals surface area contributed by atoms with Crippen molar-refractivity contribution in [3.8, 4) is 17.1 Å². The van der Waals surface area contributed by atoms with Crippen LogP contribution in [-0.2, 0) is 16.0 Å². The number of aryl methyl sites for hydroxylation is 1. The first-order chi connectivity index (χ1) is 12.0. The lowest BCUT2D eigenvalue weighted by Crippen LogP contribution is -2.34. The van der Waals surface area contributed by atoms with E-state index in [1.807, 2.05) is 12.1 Å². The minimum Gasteiger partial charge on any atom is -0.497 e. The van der Waals surface area contributed by atoms with E-state index in [-0.39, 0.29) is 18.9 Å². The number of rotatable bonds is 8. The summed E-state index contributed by atoms with van der Waals surface area (Å²) in [6.45, 7) is 0.169. The van der Waals surface area contributed by atoms with Gasteiger partial charge in [-0.2, -0.15) is 4.98 Å². The predicted molar refractivity (Wildman–Crippen MR) is 86.9 cm³/mol. The van der Waals surface area contributed by atoms with Gasteiger partial charge in [-0.3, -0.25) is 9.59 Å². The van der Waals surface area contributed by atoms with E-state index in [9.17, 15) is 9.59 Å². The molecule has 8 heteroatoms. The maximum absolute atomic E-state index is 11.9. The van der Waals surface area contributed by atoms with Gasteiger partial charge in [-0.05, 0) is 37.1 Å².